The number of hydrogen-bond donors (Lipinski definition) is 1. The molecule has 1 heterocycles. The van der Waals surface area contributed by atoms with Crippen molar-refractivity contribution >= 4 is 11.6 Å². The van der Waals surface area contributed by atoms with E-state index >= 15 is 0 Å². The van der Waals surface area contributed by atoms with E-state index in [0.717, 1.165) is 53.9 Å². The van der Waals surface area contributed by atoms with Gasteiger partial charge in [-0.25, -0.2) is 9.37 Å². The Morgan fingerprint density at radius 3 is 2.34 bits per heavy atom. The summed E-state index contributed by atoms with van der Waals surface area (Å²) < 4.78 is 13.2. The van der Waals surface area contributed by atoms with Crippen LogP contribution in [0.25, 0.3) is 22.5 Å². The van der Waals surface area contributed by atoms with Crippen LogP contribution in [0.4, 0.5) is 10.1 Å². The second kappa shape index (κ2) is 9.97. The van der Waals surface area contributed by atoms with Gasteiger partial charge >= 0.3 is 0 Å². The summed E-state index contributed by atoms with van der Waals surface area (Å²) >= 11 is 0. The number of pyridine rings is 1. The van der Waals surface area contributed by atoms with Crippen LogP contribution in [0.1, 0.15) is 39.5 Å². The third-order valence-electron chi connectivity index (χ3n) is 5.08. The van der Waals surface area contributed by atoms with Gasteiger partial charge in [0, 0.05) is 22.7 Å². The standard InChI is InChI=1S/C25H27FN2O/c1-3-5-8-18(4-2)25(29)27-22-10-6-9-20(17-22)24-12-7-11-23(28-24)19-13-15-21(26)16-14-19/h6-7,9-18H,3-5,8H2,1-2H3,(H,27,29)/t18-/m0/s1. The Balaban J connectivity index is 1.80. The van der Waals surface area contributed by atoms with Crippen molar-refractivity contribution in [2.45, 2.75) is 39.5 Å². The van der Waals surface area contributed by atoms with Gasteiger partial charge in [0.05, 0.1) is 11.4 Å². The van der Waals surface area contributed by atoms with Crippen LogP contribution >= 0.6 is 0 Å². The molecule has 0 aliphatic carbocycles. The fourth-order valence-electron chi connectivity index (χ4n) is 3.35. The topological polar surface area (TPSA) is 42.0 Å². The molecule has 0 bridgehead atoms. The van der Waals surface area contributed by atoms with E-state index in [-0.39, 0.29) is 17.6 Å². The van der Waals surface area contributed by atoms with Gasteiger partial charge in [0.15, 0.2) is 0 Å². The zero-order valence-corrected chi connectivity index (χ0v) is 17.0. The Morgan fingerprint density at radius 2 is 1.66 bits per heavy atom. The van der Waals surface area contributed by atoms with Crippen molar-refractivity contribution in [3.8, 4) is 22.5 Å². The molecule has 0 aliphatic rings. The summed E-state index contributed by atoms with van der Waals surface area (Å²) in [5.74, 6) is -0.151. The first-order valence-corrected chi connectivity index (χ1v) is 10.2. The second-order valence-corrected chi connectivity index (χ2v) is 7.23. The van der Waals surface area contributed by atoms with Gasteiger partial charge < -0.3 is 5.32 Å². The second-order valence-electron chi connectivity index (χ2n) is 7.23. The van der Waals surface area contributed by atoms with Crippen LogP contribution in [-0.2, 0) is 4.79 Å². The smallest absolute Gasteiger partial charge is 0.227 e. The van der Waals surface area contributed by atoms with Gasteiger partial charge in [-0.2, -0.15) is 0 Å². The lowest BCUT2D eigenvalue weighted by molar-refractivity contribution is -0.120. The molecule has 0 saturated carbocycles. The van der Waals surface area contributed by atoms with E-state index in [1.54, 1.807) is 12.1 Å². The number of aromatic nitrogens is 1. The predicted molar refractivity (Wildman–Crippen MR) is 117 cm³/mol. The molecule has 1 atom stereocenters. The molecule has 3 rings (SSSR count). The summed E-state index contributed by atoms with van der Waals surface area (Å²) in [4.78, 5) is 17.3. The highest BCUT2D eigenvalue weighted by molar-refractivity contribution is 5.93. The van der Waals surface area contributed by atoms with Crippen molar-refractivity contribution in [1.29, 1.82) is 0 Å². The molecule has 29 heavy (non-hydrogen) atoms. The molecule has 0 aliphatic heterocycles. The lowest BCUT2D eigenvalue weighted by Gasteiger charge is -2.15. The number of hydrogen-bond acceptors (Lipinski definition) is 2. The number of amides is 1. The summed E-state index contributed by atoms with van der Waals surface area (Å²) in [6, 6.07) is 19.8. The van der Waals surface area contributed by atoms with Crippen LogP contribution < -0.4 is 5.32 Å². The maximum atomic E-state index is 13.2. The predicted octanol–water partition coefficient (Wildman–Crippen LogP) is 6.71. The van der Waals surface area contributed by atoms with Gasteiger partial charge in [-0.15, -0.1) is 0 Å². The summed E-state index contributed by atoms with van der Waals surface area (Å²) in [7, 11) is 0. The SMILES string of the molecule is CCCC[C@H](CC)C(=O)Nc1cccc(-c2cccc(-c3ccc(F)cc3)n2)c1. The van der Waals surface area contributed by atoms with Crippen LogP contribution in [0.2, 0.25) is 0 Å². The maximum Gasteiger partial charge on any atom is 0.227 e. The van der Waals surface area contributed by atoms with E-state index in [1.165, 1.54) is 12.1 Å². The first-order chi connectivity index (χ1) is 14.1. The van der Waals surface area contributed by atoms with E-state index in [1.807, 2.05) is 42.5 Å². The Kier molecular flexibility index (Phi) is 7.12. The minimum Gasteiger partial charge on any atom is -0.326 e. The molecule has 0 spiro atoms. The molecule has 1 amide bonds. The van der Waals surface area contributed by atoms with Crippen LogP contribution in [0, 0.1) is 11.7 Å². The Bertz CT molecular complexity index is 953. The third kappa shape index (κ3) is 5.50. The molecule has 2 aromatic carbocycles. The molecule has 3 nitrogen and oxygen atoms in total. The van der Waals surface area contributed by atoms with Crippen molar-refractivity contribution in [1.82, 2.24) is 4.98 Å². The molecule has 0 fully saturated rings. The molecule has 3 aromatic rings. The number of carbonyl (C=O) groups excluding carboxylic acids is 1. The van der Waals surface area contributed by atoms with Crippen molar-refractivity contribution in [2.24, 2.45) is 5.92 Å². The van der Waals surface area contributed by atoms with Crippen molar-refractivity contribution in [3.63, 3.8) is 0 Å². The molecule has 0 saturated heterocycles. The highest BCUT2D eigenvalue weighted by atomic mass is 19.1. The van der Waals surface area contributed by atoms with Crippen LogP contribution in [-0.4, -0.2) is 10.9 Å². The van der Waals surface area contributed by atoms with Crippen LogP contribution in [0.3, 0.4) is 0 Å². The zero-order chi connectivity index (χ0) is 20.6. The lowest BCUT2D eigenvalue weighted by Crippen LogP contribution is -2.22. The molecule has 1 N–H and O–H groups in total. The van der Waals surface area contributed by atoms with Gasteiger partial charge in [0.25, 0.3) is 0 Å². The van der Waals surface area contributed by atoms with E-state index in [0.29, 0.717) is 0 Å². The summed E-state index contributed by atoms with van der Waals surface area (Å²) in [5, 5.41) is 3.06. The highest BCUT2D eigenvalue weighted by Crippen LogP contribution is 2.25. The molecule has 4 heteroatoms. The minimum atomic E-state index is -0.266. The van der Waals surface area contributed by atoms with Gasteiger partial charge in [-0.1, -0.05) is 44.9 Å². The normalized spacial score (nSPS) is 11.8. The number of benzene rings is 2. The number of nitrogens with one attached hydrogen (secondary N) is 1. The fourth-order valence-corrected chi connectivity index (χ4v) is 3.35. The van der Waals surface area contributed by atoms with Crippen LogP contribution in [0.5, 0.6) is 0 Å². The maximum absolute atomic E-state index is 13.2. The molecule has 150 valence electrons. The van der Waals surface area contributed by atoms with Gasteiger partial charge in [0.1, 0.15) is 5.82 Å². The van der Waals surface area contributed by atoms with Gasteiger partial charge in [0.2, 0.25) is 5.91 Å². The number of carbonyl (C=O) groups is 1. The number of nitrogens with zero attached hydrogens (tertiary/aromatic N) is 1. The van der Waals surface area contributed by atoms with E-state index < -0.39 is 0 Å². The van der Waals surface area contributed by atoms with Gasteiger partial charge in [-0.05, 0) is 61.4 Å². The van der Waals surface area contributed by atoms with E-state index in [2.05, 4.69) is 19.2 Å². The molecular weight excluding hydrogens is 363 g/mol. The van der Waals surface area contributed by atoms with Gasteiger partial charge in [-0.3, -0.25) is 4.79 Å². The minimum absolute atomic E-state index is 0.0403. The summed E-state index contributed by atoms with van der Waals surface area (Å²) in [6.07, 6.45) is 3.91. The molecule has 0 unspecified atom stereocenters. The first-order valence-electron chi connectivity index (χ1n) is 10.2. The molecule has 0 radical (unpaired) electrons. The van der Waals surface area contributed by atoms with E-state index in [4.69, 9.17) is 4.98 Å². The summed E-state index contributed by atoms with van der Waals surface area (Å²) in [6.45, 7) is 4.20. The largest absolute Gasteiger partial charge is 0.326 e. The monoisotopic (exact) mass is 390 g/mol. The Hall–Kier alpha value is -3.01. The first kappa shape index (κ1) is 20.7. The zero-order valence-electron chi connectivity index (χ0n) is 17.0. The van der Waals surface area contributed by atoms with Crippen molar-refractivity contribution < 1.29 is 9.18 Å². The average Bonchev–Trinajstić information content (AvgIpc) is 2.75. The summed E-state index contributed by atoms with van der Waals surface area (Å²) in [5.41, 5.74) is 4.15. The van der Waals surface area contributed by atoms with Crippen molar-refractivity contribution in [3.05, 3.63) is 72.5 Å². The van der Waals surface area contributed by atoms with Crippen LogP contribution in [0.15, 0.2) is 66.7 Å². The molecular formula is C25H27FN2O. The third-order valence-corrected chi connectivity index (χ3v) is 5.08. The number of anilines is 1. The Morgan fingerprint density at radius 1 is 0.966 bits per heavy atom. The quantitative estimate of drug-likeness (QED) is 0.464. The fraction of sp³-hybridized carbons (Fsp3) is 0.280. The lowest BCUT2D eigenvalue weighted by atomic mass is 9.98. The van der Waals surface area contributed by atoms with E-state index in [9.17, 15) is 9.18 Å². The molecule has 1 aromatic heterocycles. The number of unbranched alkanes of at least 4 members (excludes halogenated alkanes) is 1. The van der Waals surface area contributed by atoms with Crippen molar-refractivity contribution in [2.75, 3.05) is 5.32 Å². The number of rotatable bonds is 8. The highest BCUT2D eigenvalue weighted by Gasteiger charge is 2.16. The average molecular weight is 391 g/mol. The Labute approximate surface area is 172 Å². The number of halogens is 1.